The highest BCUT2D eigenvalue weighted by molar-refractivity contribution is 6.40. The Morgan fingerprint density at radius 3 is 2.13 bits per heavy atom. The van der Waals surface area contributed by atoms with E-state index in [-0.39, 0.29) is 15.6 Å². The van der Waals surface area contributed by atoms with Crippen molar-refractivity contribution in [3.8, 4) is 0 Å². The highest BCUT2D eigenvalue weighted by atomic mass is 35.5. The standard InChI is InChI=1S/C10H7Cl2FO2/c1-5(14)9(13)10(15)8-6(11)3-2-4-7(8)12/h2-4,9H,1H3. The Morgan fingerprint density at radius 1 is 1.27 bits per heavy atom. The fourth-order valence-electron chi connectivity index (χ4n) is 1.04. The fourth-order valence-corrected chi connectivity index (χ4v) is 1.63. The van der Waals surface area contributed by atoms with Crippen LogP contribution in [0.1, 0.15) is 17.3 Å². The molecule has 0 aromatic heterocycles. The molecule has 1 rings (SSSR count). The molecule has 80 valence electrons. The molecule has 0 fully saturated rings. The van der Waals surface area contributed by atoms with Crippen LogP contribution >= 0.6 is 23.2 Å². The monoisotopic (exact) mass is 248 g/mol. The second-order valence-corrected chi connectivity index (χ2v) is 3.75. The molecule has 0 radical (unpaired) electrons. The van der Waals surface area contributed by atoms with E-state index in [1.807, 2.05) is 0 Å². The number of ketones is 2. The van der Waals surface area contributed by atoms with Crippen LogP contribution in [0.15, 0.2) is 18.2 Å². The molecule has 5 heteroatoms. The first kappa shape index (κ1) is 12.1. The van der Waals surface area contributed by atoms with Gasteiger partial charge in [-0.25, -0.2) is 4.39 Å². The van der Waals surface area contributed by atoms with Crippen LogP contribution in [0.25, 0.3) is 0 Å². The fraction of sp³-hybridized carbons (Fsp3) is 0.200. The summed E-state index contributed by atoms with van der Waals surface area (Å²) in [6.45, 7) is 0.993. The molecule has 1 unspecified atom stereocenters. The van der Waals surface area contributed by atoms with E-state index in [1.165, 1.54) is 18.2 Å². The minimum atomic E-state index is -2.21. The van der Waals surface area contributed by atoms with E-state index in [0.717, 1.165) is 6.92 Å². The van der Waals surface area contributed by atoms with Crippen LogP contribution < -0.4 is 0 Å². The summed E-state index contributed by atoms with van der Waals surface area (Å²) >= 11 is 11.4. The highest BCUT2D eigenvalue weighted by Gasteiger charge is 2.27. The van der Waals surface area contributed by atoms with Crippen molar-refractivity contribution in [1.29, 1.82) is 0 Å². The lowest BCUT2D eigenvalue weighted by Gasteiger charge is -2.07. The molecule has 0 aliphatic rings. The van der Waals surface area contributed by atoms with Gasteiger partial charge < -0.3 is 0 Å². The predicted octanol–water partition coefficient (Wildman–Crippen LogP) is 3.10. The van der Waals surface area contributed by atoms with Crippen molar-refractivity contribution in [2.24, 2.45) is 0 Å². The zero-order valence-corrected chi connectivity index (χ0v) is 9.27. The molecule has 1 aromatic carbocycles. The summed E-state index contributed by atoms with van der Waals surface area (Å²) in [5.41, 5.74) is -0.150. The normalized spacial score (nSPS) is 12.3. The van der Waals surface area contributed by atoms with Crippen LogP contribution in [0, 0.1) is 0 Å². The molecule has 2 nitrogen and oxygen atoms in total. The third-order valence-electron chi connectivity index (χ3n) is 1.80. The third-order valence-corrected chi connectivity index (χ3v) is 2.43. The molecule has 0 amide bonds. The maximum Gasteiger partial charge on any atom is 0.220 e. The van der Waals surface area contributed by atoms with E-state index in [0.29, 0.717) is 0 Å². The summed E-state index contributed by atoms with van der Waals surface area (Å²) in [5.74, 6) is -1.87. The van der Waals surface area contributed by atoms with Crippen molar-refractivity contribution < 1.29 is 14.0 Å². The average molecular weight is 249 g/mol. The largest absolute Gasteiger partial charge is 0.296 e. The van der Waals surface area contributed by atoms with Crippen molar-refractivity contribution in [3.05, 3.63) is 33.8 Å². The smallest absolute Gasteiger partial charge is 0.220 e. The van der Waals surface area contributed by atoms with Gasteiger partial charge >= 0.3 is 0 Å². The number of hydrogen-bond donors (Lipinski definition) is 0. The summed E-state index contributed by atoms with van der Waals surface area (Å²) in [6.07, 6.45) is -2.21. The Bertz CT molecular complexity index is 398. The summed E-state index contributed by atoms with van der Waals surface area (Å²) < 4.78 is 13.1. The summed E-state index contributed by atoms with van der Waals surface area (Å²) in [7, 11) is 0. The quantitative estimate of drug-likeness (QED) is 0.609. The Balaban J connectivity index is 3.17. The number of hydrogen-bond acceptors (Lipinski definition) is 2. The maximum atomic E-state index is 13.1. The van der Waals surface area contributed by atoms with Crippen molar-refractivity contribution >= 4 is 34.8 Å². The summed E-state index contributed by atoms with van der Waals surface area (Å²) in [4.78, 5) is 22.2. The minimum Gasteiger partial charge on any atom is -0.296 e. The van der Waals surface area contributed by atoms with Gasteiger partial charge in [0.05, 0.1) is 15.6 Å². The lowest BCUT2D eigenvalue weighted by Crippen LogP contribution is -2.24. The first-order chi connectivity index (χ1) is 6.95. The molecule has 1 atom stereocenters. The van der Waals surface area contributed by atoms with Crippen molar-refractivity contribution in [1.82, 2.24) is 0 Å². The number of carbonyl (C=O) groups excluding carboxylic acids is 2. The van der Waals surface area contributed by atoms with E-state index in [1.54, 1.807) is 0 Å². The van der Waals surface area contributed by atoms with Gasteiger partial charge in [-0.2, -0.15) is 0 Å². The van der Waals surface area contributed by atoms with E-state index in [4.69, 9.17) is 23.2 Å². The molecule has 0 aliphatic heterocycles. The zero-order chi connectivity index (χ0) is 11.6. The van der Waals surface area contributed by atoms with Crippen molar-refractivity contribution in [2.45, 2.75) is 13.1 Å². The van der Waals surface area contributed by atoms with Gasteiger partial charge in [0.1, 0.15) is 0 Å². The Hall–Kier alpha value is -0.930. The Labute approximate surface area is 96.0 Å². The zero-order valence-electron chi connectivity index (χ0n) is 7.76. The molecular formula is C10H7Cl2FO2. The van der Waals surface area contributed by atoms with Crippen molar-refractivity contribution in [3.63, 3.8) is 0 Å². The molecule has 1 aromatic rings. The predicted molar refractivity (Wildman–Crippen MR) is 56.4 cm³/mol. The molecule has 0 saturated heterocycles. The molecular weight excluding hydrogens is 242 g/mol. The molecule has 0 heterocycles. The first-order valence-corrected chi connectivity index (χ1v) is 4.83. The SMILES string of the molecule is CC(=O)C(F)C(=O)c1c(Cl)cccc1Cl. The van der Waals surface area contributed by atoms with Gasteiger partial charge in [0.2, 0.25) is 12.0 Å². The lowest BCUT2D eigenvalue weighted by atomic mass is 10.0. The molecule has 0 aliphatic carbocycles. The van der Waals surface area contributed by atoms with Gasteiger partial charge in [0, 0.05) is 0 Å². The number of halogens is 3. The lowest BCUT2D eigenvalue weighted by molar-refractivity contribution is -0.120. The van der Waals surface area contributed by atoms with E-state index >= 15 is 0 Å². The maximum absolute atomic E-state index is 13.1. The average Bonchev–Trinajstić information content (AvgIpc) is 2.15. The molecule has 0 bridgehead atoms. The Kier molecular flexibility index (Phi) is 3.83. The number of alkyl halides is 1. The topological polar surface area (TPSA) is 34.1 Å². The van der Waals surface area contributed by atoms with Gasteiger partial charge in [-0.3, -0.25) is 9.59 Å². The van der Waals surface area contributed by atoms with Crippen LogP contribution in [-0.4, -0.2) is 17.7 Å². The van der Waals surface area contributed by atoms with Gasteiger partial charge in [-0.05, 0) is 19.1 Å². The van der Waals surface area contributed by atoms with Gasteiger partial charge in [-0.15, -0.1) is 0 Å². The van der Waals surface area contributed by atoms with Crippen LogP contribution in [0.2, 0.25) is 10.0 Å². The summed E-state index contributed by atoms with van der Waals surface area (Å²) in [5, 5.41) is 0.0767. The third kappa shape index (κ3) is 2.55. The van der Waals surface area contributed by atoms with Crippen LogP contribution in [0.5, 0.6) is 0 Å². The van der Waals surface area contributed by atoms with E-state index in [2.05, 4.69) is 0 Å². The first-order valence-electron chi connectivity index (χ1n) is 4.08. The van der Waals surface area contributed by atoms with Crippen molar-refractivity contribution in [2.75, 3.05) is 0 Å². The number of carbonyl (C=O) groups is 2. The second kappa shape index (κ2) is 4.73. The molecule has 0 saturated carbocycles. The minimum absolute atomic E-state index is 0.0383. The number of rotatable bonds is 3. The van der Waals surface area contributed by atoms with E-state index < -0.39 is 17.7 Å². The Morgan fingerprint density at radius 2 is 1.73 bits per heavy atom. The number of benzene rings is 1. The second-order valence-electron chi connectivity index (χ2n) is 2.93. The van der Waals surface area contributed by atoms with Gasteiger partial charge in [0.25, 0.3) is 0 Å². The van der Waals surface area contributed by atoms with Gasteiger partial charge in [0.15, 0.2) is 5.78 Å². The number of Topliss-reactive ketones (excluding diaryl/α,β-unsaturated/α-hetero) is 2. The molecule has 0 spiro atoms. The van der Waals surface area contributed by atoms with Crippen LogP contribution in [-0.2, 0) is 4.79 Å². The van der Waals surface area contributed by atoms with Crippen LogP contribution in [0.3, 0.4) is 0 Å². The highest BCUT2D eigenvalue weighted by Crippen LogP contribution is 2.26. The molecule has 15 heavy (non-hydrogen) atoms. The summed E-state index contributed by atoms with van der Waals surface area (Å²) in [6, 6.07) is 4.35. The van der Waals surface area contributed by atoms with E-state index in [9.17, 15) is 14.0 Å². The van der Waals surface area contributed by atoms with Crippen LogP contribution in [0.4, 0.5) is 4.39 Å². The molecule has 0 N–H and O–H groups in total. The van der Waals surface area contributed by atoms with Gasteiger partial charge in [-0.1, -0.05) is 29.3 Å².